The summed E-state index contributed by atoms with van der Waals surface area (Å²) < 4.78 is 11.9. The average Bonchev–Trinajstić information content (AvgIpc) is 2.83. The van der Waals surface area contributed by atoms with Gasteiger partial charge in [0, 0.05) is 4.47 Å². The summed E-state index contributed by atoms with van der Waals surface area (Å²) in [7, 11) is 0. The summed E-state index contributed by atoms with van der Waals surface area (Å²) in [5.41, 5.74) is 7.70. The van der Waals surface area contributed by atoms with Gasteiger partial charge in [0.1, 0.15) is 11.3 Å². The van der Waals surface area contributed by atoms with Gasteiger partial charge in [0.15, 0.2) is 11.3 Å². The molecule has 0 aliphatic carbocycles. The number of hydrogen-bond donors (Lipinski definition) is 1. The minimum Gasteiger partial charge on any atom is -0.456 e. The fraction of sp³-hybridized carbons (Fsp3) is 0.0833. The van der Waals surface area contributed by atoms with Crippen LogP contribution in [0.4, 0.5) is 5.69 Å². The molecule has 2 aromatic heterocycles. The van der Waals surface area contributed by atoms with E-state index in [1.54, 1.807) is 6.07 Å². The summed E-state index contributed by atoms with van der Waals surface area (Å²) >= 11 is 3.37. The number of hydrogen-bond acceptors (Lipinski definition) is 4. The lowest BCUT2D eigenvalue weighted by Crippen LogP contribution is -1.84. The lowest BCUT2D eigenvalue weighted by molar-refractivity contribution is 0.514. The summed E-state index contributed by atoms with van der Waals surface area (Å²) in [6, 6.07) is 7.33. The third kappa shape index (κ3) is 1.72. The number of anilines is 1. The Morgan fingerprint density at radius 3 is 2.76 bits per heavy atom. The van der Waals surface area contributed by atoms with Crippen LogP contribution in [-0.4, -0.2) is 4.98 Å². The molecule has 0 unspecified atom stereocenters. The molecule has 3 aromatic rings. The number of rotatable bonds is 1. The van der Waals surface area contributed by atoms with E-state index in [9.17, 15) is 0 Å². The zero-order valence-corrected chi connectivity index (χ0v) is 10.6. The Morgan fingerprint density at radius 2 is 2.06 bits per heavy atom. The van der Waals surface area contributed by atoms with Crippen LogP contribution in [0.3, 0.4) is 0 Å². The Balaban J connectivity index is 2.23. The molecule has 0 saturated carbocycles. The molecule has 86 valence electrons. The first-order valence-electron chi connectivity index (χ1n) is 5.06. The normalized spacial score (nSPS) is 11.2. The third-order valence-corrected chi connectivity index (χ3v) is 2.89. The Morgan fingerprint density at radius 1 is 1.24 bits per heavy atom. The number of nitrogen functional groups attached to an aromatic ring is 1. The molecule has 1 aromatic carbocycles. The second-order valence-corrected chi connectivity index (χ2v) is 4.69. The summed E-state index contributed by atoms with van der Waals surface area (Å²) in [4.78, 5) is 4.35. The van der Waals surface area contributed by atoms with E-state index in [4.69, 9.17) is 14.6 Å². The Hall–Kier alpha value is -1.75. The van der Waals surface area contributed by atoms with Gasteiger partial charge in [-0.25, -0.2) is 4.98 Å². The zero-order valence-electron chi connectivity index (χ0n) is 9.03. The molecule has 2 N–H and O–H groups in total. The fourth-order valence-corrected chi connectivity index (χ4v) is 2.14. The smallest absolute Gasteiger partial charge is 0.264 e. The van der Waals surface area contributed by atoms with Crippen molar-refractivity contribution in [3.8, 4) is 11.7 Å². The highest BCUT2D eigenvalue weighted by atomic mass is 79.9. The van der Waals surface area contributed by atoms with Crippen molar-refractivity contribution in [2.75, 3.05) is 5.73 Å². The topological polar surface area (TPSA) is 65.2 Å². The van der Waals surface area contributed by atoms with Crippen molar-refractivity contribution in [2.24, 2.45) is 0 Å². The van der Waals surface area contributed by atoms with Crippen LogP contribution in [0.2, 0.25) is 0 Å². The molecular weight excluding hydrogens is 284 g/mol. The van der Waals surface area contributed by atoms with Gasteiger partial charge >= 0.3 is 0 Å². The maximum Gasteiger partial charge on any atom is 0.264 e. The van der Waals surface area contributed by atoms with E-state index >= 15 is 0 Å². The van der Waals surface area contributed by atoms with Gasteiger partial charge in [-0.3, -0.25) is 0 Å². The molecule has 0 amide bonds. The van der Waals surface area contributed by atoms with Crippen molar-refractivity contribution in [3.05, 3.63) is 34.5 Å². The molecule has 2 heterocycles. The van der Waals surface area contributed by atoms with E-state index < -0.39 is 0 Å². The number of furan rings is 1. The summed E-state index contributed by atoms with van der Waals surface area (Å²) in [5, 5.41) is 0. The standard InChI is InChI=1S/C12H9BrN2O2/c1-6-2-3-10(16-6)12-15-9-5-7(13)4-8(14)11(9)17-12/h2-5H,14H2,1H3. The van der Waals surface area contributed by atoms with Gasteiger partial charge in [0.25, 0.3) is 5.89 Å². The maximum atomic E-state index is 5.86. The van der Waals surface area contributed by atoms with Gasteiger partial charge in [-0.15, -0.1) is 0 Å². The molecular formula is C12H9BrN2O2. The molecule has 0 aliphatic heterocycles. The van der Waals surface area contributed by atoms with Crippen molar-refractivity contribution < 1.29 is 8.83 Å². The average molecular weight is 293 g/mol. The van der Waals surface area contributed by atoms with Gasteiger partial charge in [-0.2, -0.15) is 0 Å². The SMILES string of the molecule is Cc1ccc(-c2nc3cc(Br)cc(N)c3o2)o1. The number of oxazole rings is 1. The van der Waals surface area contributed by atoms with Gasteiger partial charge < -0.3 is 14.6 Å². The van der Waals surface area contributed by atoms with Crippen LogP contribution in [0.1, 0.15) is 5.76 Å². The van der Waals surface area contributed by atoms with Crippen LogP contribution in [0.5, 0.6) is 0 Å². The number of benzene rings is 1. The number of nitrogens with zero attached hydrogens (tertiary/aromatic N) is 1. The van der Waals surface area contributed by atoms with Gasteiger partial charge in [0.05, 0.1) is 5.69 Å². The van der Waals surface area contributed by atoms with Crippen LogP contribution in [0, 0.1) is 6.92 Å². The van der Waals surface area contributed by atoms with E-state index in [0.717, 1.165) is 10.2 Å². The lowest BCUT2D eigenvalue weighted by Gasteiger charge is -1.93. The molecule has 0 fully saturated rings. The quantitative estimate of drug-likeness (QED) is 0.694. The van der Waals surface area contributed by atoms with Crippen molar-refractivity contribution in [1.29, 1.82) is 0 Å². The molecule has 0 bridgehead atoms. The van der Waals surface area contributed by atoms with Crippen molar-refractivity contribution in [1.82, 2.24) is 4.98 Å². The fourth-order valence-electron chi connectivity index (χ4n) is 1.68. The molecule has 3 rings (SSSR count). The summed E-state index contributed by atoms with van der Waals surface area (Å²) in [6.45, 7) is 1.87. The molecule has 0 spiro atoms. The zero-order chi connectivity index (χ0) is 12.0. The minimum atomic E-state index is 0.443. The monoisotopic (exact) mass is 292 g/mol. The first-order valence-corrected chi connectivity index (χ1v) is 5.85. The number of fused-ring (bicyclic) bond motifs is 1. The van der Waals surface area contributed by atoms with Crippen LogP contribution >= 0.6 is 15.9 Å². The number of aryl methyl sites for hydroxylation is 1. The second kappa shape index (κ2) is 3.63. The van der Waals surface area contributed by atoms with E-state index in [2.05, 4.69) is 20.9 Å². The highest BCUT2D eigenvalue weighted by molar-refractivity contribution is 9.10. The van der Waals surface area contributed by atoms with Crippen molar-refractivity contribution in [3.63, 3.8) is 0 Å². The Labute approximate surface area is 106 Å². The van der Waals surface area contributed by atoms with Gasteiger partial charge in [-0.1, -0.05) is 15.9 Å². The molecule has 0 radical (unpaired) electrons. The summed E-state index contributed by atoms with van der Waals surface area (Å²) in [5.74, 6) is 1.86. The van der Waals surface area contributed by atoms with Crippen LogP contribution in [0.25, 0.3) is 22.8 Å². The van der Waals surface area contributed by atoms with E-state index in [0.29, 0.717) is 28.4 Å². The first-order chi connectivity index (χ1) is 8.13. The van der Waals surface area contributed by atoms with Crippen LogP contribution in [-0.2, 0) is 0 Å². The Kier molecular flexibility index (Phi) is 2.22. The number of halogens is 1. The van der Waals surface area contributed by atoms with E-state index in [1.165, 1.54) is 0 Å². The highest BCUT2D eigenvalue weighted by Gasteiger charge is 2.13. The molecule has 0 aliphatic rings. The highest BCUT2D eigenvalue weighted by Crippen LogP contribution is 2.31. The van der Waals surface area contributed by atoms with E-state index in [-0.39, 0.29) is 0 Å². The maximum absolute atomic E-state index is 5.86. The number of nitrogens with two attached hydrogens (primary N) is 1. The van der Waals surface area contributed by atoms with Crippen LogP contribution < -0.4 is 5.73 Å². The second-order valence-electron chi connectivity index (χ2n) is 3.77. The largest absolute Gasteiger partial charge is 0.456 e. The molecule has 0 atom stereocenters. The van der Waals surface area contributed by atoms with Gasteiger partial charge in [0.2, 0.25) is 0 Å². The third-order valence-electron chi connectivity index (χ3n) is 2.43. The minimum absolute atomic E-state index is 0.443. The molecule has 5 heteroatoms. The van der Waals surface area contributed by atoms with Crippen LogP contribution in [0.15, 0.2) is 37.6 Å². The van der Waals surface area contributed by atoms with Crippen molar-refractivity contribution >= 4 is 32.7 Å². The molecule has 17 heavy (non-hydrogen) atoms. The predicted octanol–water partition coefficient (Wildman–Crippen LogP) is 3.74. The van der Waals surface area contributed by atoms with E-state index in [1.807, 2.05) is 25.1 Å². The lowest BCUT2D eigenvalue weighted by atomic mass is 10.3. The molecule has 4 nitrogen and oxygen atoms in total. The molecule has 0 saturated heterocycles. The Bertz CT molecular complexity index is 700. The summed E-state index contributed by atoms with van der Waals surface area (Å²) in [6.07, 6.45) is 0. The van der Waals surface area contributed by atoms with Crippen molar-refractivity contribution in [2.45, 2.75) is 6.92 Å². The van der Waals surface area contributed by atoms with Gasteiger partial charge in [-0.05, 0) is 31.2 Å². The number of aromatic nitrogens is 1. The first kappa shape index (κ1) is 10.4. The predicted molar refractivity (Wildman–Crippen MR) is 68.6 cm³/mol.